The summed E-state index contributed by atoms with van der Waals surface area (Å²) in [6, 6.07) is 10.0. The molecule has 1 aliphatic heterocycles. The van der Waals surface area contributed by atoms with Gasteiger partial charge < -0.3 is 15.3 Å². The number of hydrogen-bond acceptors (Lipinski definition) is 4. The van der Waals surface area contributed by atoms with E-state index in [1.807, 2.05) is 30.9 Å². The van der Waals surface area contributed by atoms with Crippen LogP contribution in [0, 0.1) is 17.6 Å². The molecule has 212 valence electrons. The third kappa shape index (κ3) is 5.98. The molecule has 2 N–H and O–H groups in total. The minimum atomic E-state index is -1.03. The van der Waals surface area contributed by atoms with Gasteiger partial charge in [0, 0.05) is 17.7 Å². The standard InChI is InChI=1S/C31H35F2N3O4/c1-4-5-26(21-6-8-22(9-7-21)29(39)34-17-14-27(37)38)36-30(40)28(23-10-11-24(32)25(33)18-23)35-31(36)15-12-20(13-16-31)19(2)3/h6-11,18,20,26H,2,4-5,12-17H2,1,3H3,(H,34,39)(H,37,38)/t20?,26-,31?/m1/s1. The number of carbonyl (C=O) groups is 3. The first-order chi connectivity index (χ1) is 19.1. The van der Waals surface area contributed by atoms with Crippen LogP contribution < -0.4 is 5.32 Å². The van der Waals surface area contributed by atoms with Crippen LogP contribution in [-0.4, -0.2) is 45.7 Å². The van der Waals surface area contributed by atoms with Crippen LogP contribution >= 0.6 is 0 Å². The minimum Gasteiger partial charge on any atom is -0.481 e. The maximum atomic E-state index is 14.2. The van der Waals surface area contributed by atoms with Crippen LogP contribution in [0.15, 0.2) is 59.6 Å². The fraction of sp³-hybridized carbons (Fsp3) is 0.419. The number of allylic oxidation sites excluding steroid dienone is 1. The average Bonchev–Trinajstić information content (AvgIpc) is 3.20. The van der Waals surface area contributed by atoms with Gasteiger partial charge in [-0.05, 0) is 80.8 Å². The molecule has 1 heterocycles. The fourth-order valence-electron chi connectivity index (χ4n) is 5.76. The number of halogens is 2. The second-order valence-electron chi connectivity index (χ2n) is 10.7. The van der Waals surface area contributed by atoms with Gasteiger partial charge in [-0.1, -0.05) is 37.6 Å². The maximum Gasteiger partial charge on any atom is 0.305 e. The largest absolute Gasteiger partial charge is 0.481 e. The highest BCUT2D eigenvalue weighted by Crippen LogP contribution is 2.47. The van der Waals surface area contributed by atoms with Gasteiger partial charge in [-0.25, -0.2) is 8.78 Å². The number of rotatable bonds is 10. The Hall–Kier alpha value is -3.88. The van der Waals surface area contributed by atoms with Gasteiger partial charge in [0.15, 0.2) is 11.6 Å². The van der Waals surface area contributed by atoms with Crippen molar-refractivity contribution in [1.29, 1.82) is 0 Å². The lowest BCUT2D eigenvalue weighted by atomic mass is 9.78. The van der Waals surface area contributed by atoms with Crippen LogP contribution in [0.3, 0.4) is 0 Å². The monoisotopic (exact) mass is 551 g/mol. The molecule has 1 spiro atoms. The van der Waals surface area contributed by atoms with Gasteiger partial charge >= 0.3 is 5.97 Å². The van der Waals surface area contributed by atoms with E-state index in [4.69, 9.17) is 10.1 Å². The molecule has 7 nitrogen and oxygen atoms in total. The van der Waals surface area contributed by atoms with Gasteiger partial charge in [-0.2, -0.15) is 0 Å². The third-order valence-electron chi connectivity index (χ3n) is 7.92. The average molecular weight is 552 g/mol. The highest BCUT2D eigenvalue weighted by molar-refractivity contribution is 6.46. The van der Waals surface area contributed by atoms with Crippen molar-refractivity contribution in [1.82, 2.24) is 10.2 Å². The topological polar surface area (TPSA) is 99.1 Å². The molecule has 1 atom stereocenters. The van der Waals surface area contributed by atoms with Crippen molar-refractivity contribution in [3.8, 4) is 0 Å². The zero-order valence-corrected chi connectivity index (χ0v) is 22.9. The number of carboxylic acid groups (broad SMARTS) is 1. The van der Waals surface area contributed by atoms with Crippen molar-refractivity contribution in [2.75, 3.05) is 6.54 Å². The molecule has 9 heteroatoms. The highest BCUT2D eigenvalue weighted by atomic mass is 19.2. The molecule has 2 amide bonds. The van der Waals surface area contributed by atoms with Gasteiger partial charge in [-0.15, -0.1) is 0 Å². The van der Waals surface area contributed by atoms with Gasteiger partial charge in [0.1, 0.15) is 11.4 Å². The predicted octanol–water partition coefficient (Wildman–Crippen LogP) is 5.80. The number of benzene rings is 2. The summed E-state index contributed by atoms with van der Waals surface area (Å²) in [5.74, 6) is -3.39. The van der Waals surface area contributed by atoms with E-state index in [9.17, 15) is 23.2 Å². The second kappa shape index (κ2) is 12.1. The molecule has 2 aliphatic rings. The molecule has 2 aromatic carbocycles. The van der Waals surface area contributed by atoms with Crippen LogP contribution in [0.5, 0.6) is 0 Å². The highest BCUT2D eigenvalue weighted by Gasteiger charge is 2.51. The Morgan fingerprint density at radius 3 is 2.40 bits per heavy atom. The molecular formula is C31H35F2N3O4. The lowest BCUT2D eigenvalue weighted by Crippen LogP contribution is -2.50. The van der Waals surface area contributed by atoms with Crippen LogP contribution in [0.25, 0.3) is 0 Å². The quantitative estimate of drug-likeness (QED) is 0.365. The normalized spacial score (nSPS) is 21.3. The number of carbonyl (C=O) groups excluding carboxylic acids is 2. The van der Waals surface area contributed by atoms with E-state index in [0.29, 0.717) is 30.7 Å². The van der Waals surface area contributed by atoms with Gasteiger partial charge in [-0.3, -0.25) is 19.4 Å². The Kier molecular flexibility index (Phi) is 8.81. The number of nitrogens with zero attached hydrogens (tertiary/aromatic N) is 2. The number of nitrogens with one attached hydrogen (secondary N) is 1. The molecular weight excluding hydrogens is 516 g/mol. The summed E-state index contributed by atoms with van der Waals surface area (Å²) in [4.78, 5) is 44.1. The van der Waals surface area contributed by atoms with Crippen LogP contribution in [0.1, 0.15) is 86.3 Å². The summed E-state index contributed by atoms with van der Waals surface area (Å²) in [7, 11) is 0. The molecule has 1 fully saturated rings. The van der Waals surface area contributed by atoms with E-state index >= 15 is 0 Å². The van der Waals surface area contributed by atoms with E-state index in [2.05, 4.69) is 11.9 Å². The molecule has 0 aromatic heterocycles. The van der Waals surface area contributed by atoms with E-state index in [1.54, 1.807) is 12.1 Å². The summed E-state index contributed by atoms with van der Waals surface area (Å²) < 4.78 is 27.9. The maximum absolute atomic E-state index is 14.2. The number of amides is 2. The Morgan fingerprint density at radius 2 is 1.82 bits per heavy atom. The Labute approximate surface area is 233 Å². The first kappa shape index (κ1) is 29.1. The Balaban J connectivity index is 1.68. The molecule has 2 aromatic rings. The number of aliphatic carboxylic acids is 1. The van der Waals surface area contributed by atoms with Crippen molar-refractivity contribution >= 4 is 23.5 Å². The Morgan fingerprint density at radius 1 is 1.15 bits per heavy atom. The molecule has 0 bridgehead atoms. The summed E-state index contributed by atoms with van der Waals surface area (Å²) in [5, 5.41) is 11.4. The zero-order chi connectivity index (χ0) is 29.0. The predicted molar refractivity (Wildman–Crippen MR) is 148 cm³/mol. The number of aliphatic imine (C=N–C) groups is 1. The van der Waals surface area contributed by atoms with Crippen LogP contribution in [0.2, 0.25) is 0 Å². The van der Waals surface area contributed by atoms with E-state index < -0.39 is 23.3 Å². The summed E-state index contributed by atoms with van der Waals surface area (Å²) in [5.41, 5.74) is 1.86. The van der Waals surface area contributed by atoms with Crippen LogP contribution in [-0.2, 0) is 9.59 Å². The van der Waals surface area contributed by atoms with Gasteiger partial charge in [0.05, 0.1) is 12.5 Å². The molecule has 4 rings (SSSR count). The molecule has 0 saturated heterocycles. The van der Waals surface area contributed by atoms with E-state index in [-0.39, 0.29) is 42.1 Å². The number of carboxylic acids is 1. The smallest absolute Gasteiger partial charge is 0.305 e. The van der Waals surface area contributed by atoms with Crippen molar-refractivity contribution in [2.45, 2.75) is 70.5 Å². The van der Waals surface area contributed by atoms with E-state index in [1.165, 1.54) is 6.07 Å². The lowest BCUT2D eigenvalue weighted by molar-refractivity contribution is -0.137. The molecule has 40 heavy (non-hydrogen) atoms. The molecule has 1 saturated carbocycles. The lowest BCUT2D eigenvalue weighted by Gasteiger charge is -2.45. The van der Waals surface area contributed by atoms with E-state index in [0.717, 1.165) is 42.5 Å². The van der Waals surface area contributed by atoms with Crippen LogP contribution in [0.4, 0.5) is 8.78 Å². The molecule has 0 unspecified atom stereocenters. The first-order valence-electron chi connectivity index (χ1n) is 13.7. The first-order valence-corrected chi connectivity index (χ1v) is 13.7. The van der Waals surface area contributed by atoms with Crippen molar-refractivity contribution < 1.29 is 28.3 Å². The fourth-order valence-corrected chi connectivity index (χ4v) is 5.76. The van der Waals surface area contributed by atoms with Crippen molar-refractivity contribution in [3.05, 3.63) is 82.9 Å². The number of hydrogen-bond donors (Lipinski definition) is 2. The zero-order valence-electron chi connectivity index (χ0n) is 22.9. The summed E-state index contributed by atoms with van der Waals surface area (Å²) in [6.07, 6.45) is 4.10. The molecule has 1 aliphatic carbocycles. The Bertz CT molecular complexity index is 1330. The molecule has 0 radical (unpaired) electrons. The summed E-state index contributed by atoms with van der Waals surface area (Å²) >= 11 is 0. The second-order valence-corrected chi connectivity index (χ2v) is 10.7. The minimum absolute atomic E-state index is 0.0223. The van der Waals surface area contributed by atoms with Gasteiger partial charge in [0.25, 0.3) is 11.8 Å². The SMILES string of the molecule is C=C(C)C1CCC2(CC1)N=C(c1ccc(F)c(F)c1)C(=O)N2[C@H](CCC)c1ccc(C(=O)NCCC(=O)O)cc1. The van der Waals surface area contributed by atoms with Crippen molar-refractivity contribution in [2.24, 2.45) is 10.9 Å². The summed E-state index contributed by atoms with van der Waals surface area (Å²) in [6.45, 7) is 8.17. The third-order valence-corrected chi connectivity index (χ3v) is 7.92. The van der Waals surface area contributed by atoms with Crippen molar-refractivity contribution in [3.63, 3.8) is 0 Å². The van der Waals surface area contributed by atoms with Gasteiger partial charge in [0.2, 0.25) is 0 Å².